The number of rotatable bonds is 3. The fourth-order valence-corrected chi connectivity index (χ4v) is 5.44. The van der Waals surface area contributed by atoms with Crippen LogP contribution in [0.3, 0.4) is 0 Å². The van der Waals surface area contributed by atoms with Gasteiger partial charge in [-0.05, 0) is 74.1 Å². The van der Waals surface area contributed by atoms with Crippen molar-refractivity contribution in [2.24, 2.45) is 0 Å². The van der Waals surface area contributed by atoms with Gasteiger partial charge in [0.25, 0.3) is 0 Å². The van der Waals surface area contributed by atoms with Gasteiger partial charge >= 0.3 is 14.8 Å². The molecule has 0 amide bonds. The Hall–Kier alpha value is -2.66. The third kappa shape index (κ3) is 3.27. The van der Waals surface area contributed by atoms with E-state index in [1.807, 2.05) is 115 Å². The number of nitrogens with zero attached hydrogens (tertiary/aromatic N) is 2. The standard InChI is InChI=1S/C24H25BN2O3P/c1-23(2)24(3,4)30-25(29-23)18-15-16-21-22(17-18)27(20-13-9-6-10-14-20)31(28)26(21)19-11-7-5-8-12-19/h5-17H,1-4H3/q+1. The average molecular weight is 431 g/mol. The maximum absolute atomic E-state index is 13.7. The first-order chi connectivity index (χ1) is 14.8. The van der Waals surface area contributed by atoms with Gasteiger partial charge in [-0.2, -0.15) is 0 Å². The van der Waals surface area contributed by atoms with E-state index in [4.69, 9.17) is 9.31 Å². The molecule has 0 spiro atoms. The van der Waals surface area contributed by atoms with Crippen LogP contribution in [0.4, 0.5) is 0 Å². The zero-order chi connectivity index (χ0) is 21.8. The van der Waals surface area contributed by atoms with Crippen LogP contribution < -0.4 is 5.46 Å². The molecule has 5 rings (SSSR count). The Morgan fingerprint density at radius 1 is 0.710 bits per heavy atom. The molecule has 0 saturated carbocycles. The largest absolute Gasteiger partial charge is 0.605 e. The smallest absolute Gasteiger partial charge is 0.399 e. The second-order valence-electron chi connectivity index (χ2n) is 8.88. The lowest BCUT2D eigenvalue weighted by molar-refractivity contribution is 0.00578. The van der Waals surface area contributed by atoms with Crippen LogP contribution in [0.5, 0.6) is 0 Å². The van der Waals surface area contributed by atoms with Crippen LogP contribution in [-0.2, 0) is 13.9 Å². The van der Waals surface area contributed by atoms with Gasteiger partial charge in [0.1, 0.15) is 11.0 Å². The van der Waals surface area contributed by atoms with Crippen molar-refractivity contribution in [3.63, 3.8) is 0 Å². The maximum Gasteiger partial charge on any atom is 0.605 e. The second kappa shape index (κ2) is 7.20. The lowest BCUT2D eigenvalue weighted by Crippen LogP contribution is -2.41. The zero-order valence-electron chi connectivity index (χ0n) is 18.1. The summed E-state index contributed by atoms with van der Waals surface area (Å²) in [4.78, 5) is 0. The number of benzene rings is 3. The van der Waals surface area contributed by atoms with Crippen molar-refractivity contribution in [1.29, 1.82) is 0 Å². The Labute approximate surface area is 183 Å². The molecule has 1 fully saturated rings. The van der Waals surface area contributed by atoms with Gasteiger partial charge in [-0.1, -0.05) is 42.5 Å². The SMILES string of the molecule is CC1(C)OB(c2ccc3c(c2)n(-c2ccccc2)[p+](=O)n3-c2ccccc2)OC1(C)C. The molecule has 0 radical (unpaired) electrons. The molecule has 1 saturated heterocycles. The van der Waals surface area contributed by atoms with Gasteiger partial charge in [-0.25, -0.2) is 0 Å². The quantitative estimate of drug-likeness (QED) is 0.405. The molecule has 1 aliphatic rings. The molecule has 1 aliphatic heterocycles. The Bertz CT molecular complexity index is 1300. The molecule has 1 unspecified atom stereocenters. The monoisotopic (exact) mass is 431 g/mol. The minimum absolute atomic E-state index is 0.420. The van der Waals surface area contributed by atoms with E-state index in [2.05, 4.69) is 0 Å². The fourth-order valence-electron chi connectivity index (χ4n) is 3.90. The summed E-state index contributed by atoms with van der Waals surface area (Å²) in [5.41, 5.74) is 3.63. The van der Waals surface area contributed by atoms with Gasteiger partial charge in [-0.15, -0.1) is 8.66 Å². The van der Waals surface area contributed by atoms with Gasteiger partial charge in [0.15, 0.2) is 0 Å². The third-order valence-corrected chi connectivity index (χ3v) is 7.90. The van der Waals surface area contributed by atoms with Crippen molar-refractivity contribution in [3.05, 3.63) is 78.9 Å². The summed E-state index contributed by atoms with van der Waals surface area (Å²) in [5, 5.41) is 0. The highest BCUT2D eigenvalue weighted by atomic mass is 31.1. The Kier molecular flexibility index (Phi) is 4.70. The van der Waals surface area contributed by atoms with Crippen LogP contribution >= 0.6 is 7.73 Å². The number of fused-ring (bicyclic) bond motifs is 1. The van der Waals surface area contributed by atoms with E-state index in [0.29, 0.717) is 0 Å². The summed E-state index contributed by atoms with van der Waals surface area (Å²) in [6.45, 7) is 8.19. The minimum Gasteiger partial charge on any atom is -0.399 e. The first kappa shape index (κ1) is 20.3. The minimum atomic E-state index is -1.90. The summed E-state index contributed by atoms with van der Waals surface area (Å²) in [5.74, 6) is 0. The predicted molar refractivity (Wildman–Crippen MR) is 126 cm³/mol. The van der Waals surface area contributed by atoms with Crippen molar-refractivity contribution in [3.8, 4) is 11.4 Å². The van der Waals surface area contributed by atoms with Gasteiger partial charge < -0.3 is 9.31 Å². The highest BCUT2D eigenvalue weighted by Crippen LogP contribution is 2.38. The molecule has 0 N–H and O–H groups in total. The molecular formula is C24H25BN2O3P+. The van der Waals surface area contributed by atoms with Crippen LogP contribution in [0.1, 0.15) is 27.7 Å². The van der Waals surface area contributed by atoms with Gasteiger partial charge in [-0.3, -0.25) is 0 Å². The Morgan fingerprint density at radius 2 is 1.19 bits per heavy atom. The topological polar surface area (TPSA) is 45.4 Å². The summed E-state index contributed by atoms with van der Waals surface area (Å²) < 4.78 is 30.1. The number of para-hydroxylation sites is 2. The summed E-state index contributed by atoms with van der Waals surface area (Å²) >= 11 is 0. The Morgan fingerprint density at radius 3 is 1.71 bits per heavy atom. The zero-order valence-corrected chi connectivity index (χ0v) is 19.0. The van der Waals surface area contributed by atoms with Gasteiger partial charge in [0.2, 0.25) is 0 Å². The van der Waals surface area contributed by atoms with E-state index in [0.717, 1.165) is 27.9 Å². The van der Waals surface area contributed by atoms with Crippen molar-refractivity contribution in [1.82, 2.24) is 8.66 Å². The molecular weight excluding hydrogens is 406 g/mol. The molecule has 3 aromatic carbocycles. The van der Waals surface area contributed by atoms with Crippen LogP contribution in [0.25, 0.3) is 22.4 Å². The normalized spacial score (nSPS) is 17.9. The molecule has 0 bridgehead atoms. The van der Waals surface area contributed by atoms with E-state index < -0.39 is 26.1 Å². The van der Waals surface area contributed by atoms with E-state index >= 15 is 0 Å². The van der Waals surface area contributed by atoms with E-state index in [-0.39, 0.29) is 0 Å². The highest BCUT2D eigenvalue weighted by molar-refractivity contribution is 7.30. The predicted octanol–water partition coefficient (Wildman–Crippen LogP) is 5.46. The van der Waals surface area contributed by atoms with Crippen LogP contribution in [0.15, 0.2) is 78.9 Å². The van der Waals surface area contributed by atoms with Crippen molar-refractivity contribution >= 4 is 31.3 Å². The fraction of sp³-hybridized carbons (Fsp3) is 0.250. The molecule has 156 valence electrons. The van der Waals surface area contributed by atoms with Crippen LogP contribution in [-0.4, -0.2) is 27.0 Å². The van der Waals surface area contributed by atoms with E-state index in [1.165, 1.54) is 0 Å². The molecule has 31 heavy (non-hydrogen) atoms. The molecule has 5 nitrogen and oxygen atoms in total. The molecule has 2 heterocycles. The van der Waals surface area contributed by atoms with Gasteiger partial charge in [0.05, 0.1) is 22.6 Å². The average Bonchev–Trinajstić information content (AvgIpc) is 3.16. The summed E-state index contributed by atoms with van der Waals surface area (Å²) in [6.07, 6.45) is 0. The van der Waals surface area contributed by atoms with Gasteiger partial charge in [0, 0.05) is 0 Å². The summed E-state index contributed by atoms with van der Waals surface area (Å²) in [6, 6.07) is 25.7. The van der Waals surface area contributed by atoms with E-state index in [1.54, 1.807) is 0 Å². The molecule has 0 aliphatic carbocycles. The first-order valence-electron chi connectivity index (χ1n) is 10.5. The first-order valence-corrected chi connectivity index (χ1v) is 11.6. The number of aromatic nitrogens is 2. The lowest BCUT2D eigenvalue weighted by atomic mass is 9.79. The third-order valence-electron chi connectivity index (χ3n) is 6.32. The molecule has 1 aromatic heterocycles. The van der Waals surface area contributed by atoms with Crippen molar-refractivity contribution in [2.45, 2.75) is 38.9 Å². The molecule has 1 atom stereocenters. The molecule has 7 heteroatoms. The van der Waals surface area contributed by atoms with Crippen molar-refractivity contribution in [2.75, 3.05) is 0 Å². The maximum atomic E-state index is 13.7. The van der Waals surface area contributed by atoms with Crippen molar-refractivity contribution < 1.29 is 13.9 Å². The van der Waals surface area contributed by atoms with E-state index in [9.17, 15) is 4.57 Å². The highest BCUT2D eigenvalue weighted by Gasteiger charge is 2.51. The second-order valence-corrected chi connectivity index (χ2v) is 10.2. The van der Waals surface area contributed by atoms with Crippen LogP contribution in [0.2, 0.25) is 0 Å². The molecule has 4 aromatic rings. The number of hydrogen-bond acceptors (Lipinski definition) is 3. The number of hydrogen-bond donors (Lipinski definition) is 0. The van der Waals surface area contributed by atoms with Crippen LogP contribution in [0, 0.1) is 0 Å². The summed E-state index contributed by atoms with van der Waals surface area (Å²) in [7, 11) is -2.37. The Balaban J connectivity index is 1.74. The lowest BCUT2D eigenvalue weighted by Gasteiger charge is -2.32.